The summed E-state index contributed by atoms with van der Waals surface area (Å²) < 4.78 is 10.5. The number of methoxy groups -OCH3 is 2. The minimum atomic E-state index is -0.0815. The van der Waals surface area contributed by atoms with Crippen LogP contribution in [0.5, 0.6) is 11.5 Å². The van der Waals surface area contributed by atoms with Crippen LogP contribution >= 0.6 is 0 Å². The maximum atomic E-state index is 12.3. The van der Waals surface area contributed by atoms with E-state index in [0.717, 1.165) is 22.4 Å². The van der Waals surface area contributed by atoms with Gasteiger partial charge in [0.25, 0.3) is 0 Å². The zero-order chi connectivity index (χ0) is 21.4. The van der Waals surface area contributed by atoms with Gasteiger partial charge in [-0.05, 0) is 55.2 Å². The number of aryl methyl sites for hydroxylation is 2. The van der Waals surface area contributed by atoms with Crippen LogP contribution in [0.15, 0.2) is 36.4 Å². The highest BCUT2D eigenvalue weighted by Gasteiger charge is 2.15. The molecule has 156 valence electrons. The number of amides is 2. The molecule has 1 N–H and O–H groups in total. The van der Waals surface area contributed by atoms with Gasteiger partial charge in [0, 0.05) is 32.1 Å². The van der Waals surface area contributed by atoms with Crippen molar-refractivity contribution in [1.82, 2.24) is 5.32 Å². The normalized spacial score (nSPS) is 10.4. The van der Waals surface area contributed by atoms with Crippen LogP contribution in [0.4, 0.5) is 5.69 Å². The minimum Gasteiger partial charge on any atom is -0.493 e. The molecule has 0 aliphatic carbocycles. The third-order valence-corrected chi connectivity index (χ3v) is 4.78. The van der Waals surface area contributed by atoms with E-state index in [9.17, 15) is 9.59 Å². The number of hydrogen-bond donors (Lipinski definition) is 1. The van der Waals surface area contributed by atoms with Crippen molar-refractivity contribution in [3.63, 3.8) is 0 Å². The number of carbonyl (C=O) groups is 2. The van der Waals surface area contributed by atoms with Crippen molar-refractivity contribution < 1.29 is 19.1 Å². The largest absolute Gasteiger partial charge is 0.493 e. The van der Waals surface area contributed by atoms with Crippen LogP contribution in [0.1, 0.15) is 30.0 Å². The molecule has 6 heteroatoms. The number of nitrogens with zero attached hydrogens (tertiary/aromatic N) is 1. The fourth-order valence-corrected chi connectivity index (χ4v) is 3.14. The quantitative estimate of drug-likeness (QED) is 0.703. The lowest BCUT2D eigenvalue weighted by Gasteiger charge is -2.23. The monoisotopic (exact) mass is 398 g/mol. The van der Waals surface area contributed by atoms with Crippen molar-refractivity contribution in [3.8, 4) is 11.5 Å². The summed E-state index contributed by atoms with van der Waals surface area (Å²) in [5, 5.41) is 2.92. The molecule has 0 unspecified atom stereocenters. The molecule has 29 heavy (non-hydrogen) atoms. The van der Waals surface area contributed by atoms with Crippen LogP contribution in [0.3, 0.4) is 0 Å². The Balaban J connectivity index is 1.88. The fourth-order valence-electron chi connectivity index (χ4n) is 3.14. The van der Waals surface area contributed by atoms with Gasteiger partial charge in [-0.25, -0.2) is 0 Å². The first-order valence-corrected chi connectivity index (χ1v) is 9.68. The number of hydrogen-bond acceptors (Lipinski definition) is 4. The molecule has 0 atom stereocenters. The van der Waals surface area contributed by atoms with E-state index in [1.54, 1.807) is 19.1 Å². The summed E-state index contributed by atoms with van der Waals surface area (Å²) in [6.45, 7) is 6.34. The van der Waals surface area contributed by atoms with Crippen LogP contribution in [0.2, 0.25) is 0 Å². The average molecular weight is 399 g/mol. The Kier molecular flexibility index (Phi) is 8.07. The van der Waals surface area contributed by atoms with E-state index in [1.165, 1.54) is 6.92 Å². The Morgan fingerprint density at radius 1 is 1.00 bits per heavy atom. The second kappa shape index (κ2) is 10.5. The molecule has 0 aliphatic heterocycles. The highest BCUT2D eigenvalue weighted by Crippen LogP contribution is 2.27. The second-order valence-corrected chi connectivity index (χ2v) is 7.00. The number of nitrogens with one attached hydrogen (secondary N) is 1. The van der Waals surface area contributed by atoms with E-state index in [-0.39, 0.29) is 18.2 Å². The van der Waals surface area contributed by atoms with Crippen LogP contribution < -0.4 is 19.7 Å². The molecule has 2 amide bonds. The maximum Gasteiger partial charge on any atom is 0.223 e. The van der Waals surface area contributed by atoms with Gasteiger partial charge in [0.2, 0.25) is 11.8 Å². The van der Waals surface area contributed by atoms with E-state index in [0.29, 0.717) is 31.0 Å². The molecule has 0 aromatic heterocycles. The van der Waals surface area contributed by atoms with Gasteiger partial charge in [0.05, 0.1) is 14.2 Å². The maximum absolute atomic E-state index is 12.3. The lowest BCUT2D eigenvalue weighted by atomic mass is 10.1. The van der Waals surface area contributed by atoms with Gasteiger partial charge in [-0.2, -0.15) is 0 Å². The predicted molar refractivity (Wildman–Crippen MR) is 115 cm³/mol. The van der Waals surface area contributed by atoms with Gasteiger partial charge in [-0.15, -0.1) is 0 Å². The Morgan fingerprint density at radius 3 is 2.38 bits per heavy atom. The number of rotatable bonds is 9. The molecular formula is C23H30N2O4. The highest BCUT2D eigenvalue weighted by atomic mass is 16.5. The van der Waals surface area contributed by atoms with E-state index in [4.69, 9.17) is 9.47 Å². The molecule has 0 saturated carbocycles. The molecule has 2 aromatic rings. The zero-order valence-electron chi connectivity index (χ0n) is 17.9. The van der Waals surface area contributed by atoms with Crippen molar-refractivity contribution >= 4 is 17.5 Å². The summed E-state index contributed by atoms with van der Waals surface area (Å²) in [4.78, 5) is 26.0. The smallest absolute Gasteiger partial charge is 0.223 e. The molecule has 0 aliphatic rings. The van der Waals surface area contributed by atoms with Gasteiger partial charge in [0.15, 0.2) is 11.5 Å². The number of carbonyl (C=O) groups excluding carboxylic acids is 2. The summed E-state index contributed by atoms with van der Waals surface area (Å²) in [7, 11) is 3.19. The minimum absolute atomic E-state index is 0.0724. The van der Waals surface area contributed by atoms with Crippen LogP contribution in [0.25, 0.3) is 0 Å². The van der Waals surface area contributed by atoms with Gasteiger partial charge in [-0.1, -0.05) is 18.2 Å². The van der Waals surface area contributed by atoms with E-state index in [2.05, 4.69) is 5.32 Å². The number of benzene rings is 2. The lowest BCUT2D eigenvalue weighted by molar-refractivity contribution is -0.121. The molecule has 2 rings (SSSR count). The number of ether oxygens (including phenoxy) is 2. The summed E-state index contributed by atoms with van der Waals surface area (Å²) in [6.07, 6.45) is 0.929. The Labute approximate surface area is 172 Å². The van der Waals surface area contributed by atoms with Gasteiger partial charge in [-0.3, -0.25) is 9.59 Å². The zero-order valence-corrected chi connectivity index (χ0v) is 17.9. The molecule has 6 nitrogen and oxygen atoms in total. The summed E-state index contributed by atoms with van der Waals surface area (Å²) >= 11 is 0. The second-order valence-electron chi connectivity index (χ2n) is 7.00. The highest BCUT2D eigenvalue weighted by molar-refractivity contribution is 5.93. The third-order valence-electron chi connectivity index (χ3n) is 4.78. The average Bonchev–Trinajstić information content (AvgIpc) is 2.70. The molecule has 0 heterocycles. The SMILES string of the molecule is COc1ccc(CCNC(=O)CCN(C(C)=O)c2cc(C)ccc2C)cc1OC. The summed E-state index contributed by atoms with van der Waals surface area (Å²) in [6, 6.07) is 11.7. The van der Waals surface area contributed by atoms with Crippen LogP contribution in [-0.2, 0) is 16.0 Å². The van der Waals surface area contributed by atoms with E-state index >= 15 is 0 Å². The topological polar surface area (TPSA) is 67.9 Å². The van der Waals surface area contributed by atoms with Crippen molar-refractivity contribution in [3.05, 3.63) is 53.1 Å². The Hall–Kier alpha value is -3.02. The van der Waals surface area contributed by atoms with E-state index < -0.39 is 0 Å². The first-order chi connectivity index (χ1) is 13.8. The van der Waals surface area contributed by atoms with Crippen molar-refractivity contribution in [2.75, 3.05) is 32.2 Å². The predicted octanol–water partition coefficient (Wildman–Crippen LogP) is 3.42. The molecule has 0 saturated heterocycles. The Bertz CT molecular complexity index is 864. The van der Waals surface area contributed by atoms with Gasteiger partial charge in [0.1, 0.15) is 0 Å². The lowest BCUT2D eigenvalue weighted by Crippen LogP contribution is -2.34. The summed E-state index contributed by atoms with van der Waals surface area (Å²) in [5.41, 5.74) is 4.00. The van der Waals surface area contributed by atoms with Crippen LogP contribution in [0, 0.1) is 13.8 Å². The Morgan fingerprint density at radius 2 is 1.72 bits per heavy atom. The summed E-state index contributed by atoms with van der Waals surface area (Å²) in [5.74, 6) is 1.19. The molecule has 0 spiro atoms. The third kappa shape index (κ3) is 6.24. The first-order valence-electron chi connectivity index (χ1n) is 9.68. The fraction of sp³-hybridized carbons (Fsp3) is 0.391. The van der Waals surface area contributed by atoms with Crippen molar-refractivity contribution in [2.24, 2.45) is 0 Å². The molecule has 0 fully saturated rings. The van der Waals surface area contributed by atoms with Crippen molar-refractivity contribution in [2.45, 2.75) is 33.6 Å². The van der Waals surface area contributed by atoms with Gasteiger partial charge >= 0.3 is 0 Å². The van der Waals surface area contributed by atoms with Crippen LogP contribution in [-0.4, -0.2) is 39.1 Å². The first kappa shape index (κ1) is 22.3. The molecule has 0 bridgehead atoms. The standard InChI is InChI=1S/C23H30N2O4/c1-16-6-7-17(2)20(14-16)25(18(3)26)13-11-23(27)24-12-10-19-8-9-21(28-4)22(15-19)29-5/h6-9,14-15H,10-13H2,1-5H3,(H,24,27). The number of anilines is 1. The molecule has 0 radical (unpaired) electrons. The van der Waals surface area contributed by atoms with Crippen molar-refractivity contribution in [1.29, 1.82) is 0 Å². The molecular weight excluding hydrogens is 368 g/mol. The van der Waals surface area contributed by atoms with E-state index in [1.807, 2.05) is 50.2 Å². The molecule has 2 aromatic carbocycles. The van der Waals surface area contributed by atoms with Gasteiger partial charge < -0.3 is 19.7 Å².